The van der Waals surface area contributed by atoms with Crippen LogP contribution >= 0.6 is 11.6 Å². The van der Waals surface area contributed by atoms with Crippen LogP contribution in [0.2, 0.25) is 5.02 Å². The van der Waals surface area contributed by atoms with Crippen molar-refractivity contribution in [3.63, 3.8) is 0 Å². The summed E-state index contributed by atoms with van der Waals surface area (Å²) in [6, 6.07) is 12.3. The number of halogens is 2. The lowest BCUT2D eigenvalue weighted by Crippen LogP contribution is -2.34. The Morgan fingerprint density at radius 2 is 1.92 bits per heavy atom. The number of nitrogens with zero attached hydrogens (tertiary/aromatic N) is 4. The predicted molar refractivity (Wildman–Crippen MR) is 90.4 cm³/mol. The molecule has 1 amide bonds. The van der Waals surface area contributed by atoms with E-state index < -0.39 is 17.5 Å². The Labute approximate surface area is 146 Å². The zero-order chi connectivity index (χ0) is 17.6. The van der Waals surface area contributed by atoms with Gasteiger partial charge in [-0.3, -0.25) is 4.90 Å². The van der Waals surface area contributed by atoms with Gasteiger partial charge in [0, 0.05) is 10.7 Å². The fourth-order valence-electron chi connectivity index (χ4n) is 2.87. The van der Waals surface area contributed by atoms with Crippen LogP contribution in [0, 0.1) is 5.82 Å². The Morgan fingerprint density at radius 1 is 1.12 bits per heavy atom. The fourth-order valence-corrected chi connectivity index (χ4v) is 3.08. The van der Waals surface area contributed by atoms with Crippen molar-refractivity contribution < 1.29 is 9.18 Å². The molecule has 126 valence electrons. The van der Waals surface area contributed by atoms with Crippen LogP contribution < -0.4 is 10.6 Å². The molecule has 0 saturated carbocycles. The zero-order valence-corrected chi connectivity index (χ0v) is 13.7. The van der Waals surface area contributed by atoms with E-state index in [1.807, 2.05) is 6.07 Å². The molecule has 0 spiro atoms. The lowest BCUT2D eigenvalue weighted by atomic mass is 10.2. The van der Waals surface area contributed by atoms with Gasteiger partial charge in [-0.25, -0.2) is 18.7 Å². The maximum atomic E-state index is 13.4. The van der Waals surface area contributed by atoms with Crippen LogP contribution in [-0.2, 0) is 13.1 Å². The Hall–Kier alpha value is -2.93. The molecule has 6 nitrogen and oxygen atoms in total. The lowest BCUT2D eigenvalue weighted by molar-refractivity contribution is 0.244. The summed E-state index contributed by atoms with van der Waals surface area (Å²) in [6.45, 7) is 0.273. The molecule has 0 bridgehead atoms. The van der Waals surface area contributed by atoms with Crippen molar-refractivity contribution in [1.82, 2.24) is 14.3 Å². The minimum Gasteiger partial charge on any atom is -0.285 e. The molecule has 2 heterocycles. The maximum Gasteiger partial charge on any atom is 0.364 e. The highest BCUT2D eigenvalue weighted by Crippen LogP contribution is 2.23. The molecule has 1 aliphatic heterocycles. The first-order valence-electron chi connectivity index (χ1n) is 7.53. The normalized spacial score (nSPS) is 13.4. The van der Waals surface area contributed by atoms with Crippen molar-refractivity contribution >= 4 is 23.3 Å². The largest absolute Gasteiger partial charge is 0.364 e. The van der Waals surface area contributed by atoms with E-state index in [-0.39, 0.29) is 13.1 Å². The average Bonchev–Trinajstić information content (AvgIpc) is 3.04. The van der Waals surface area contributed by atoms with Gasteiger partial charge in [0.1, 0.15) is 5.82 Å². The monoisotopic (exact) mass is 358 g/mol. The maximum absolute atomic E-state index is 13.4. The highest BCUT2D eigenvalue weighted by molar-refractivity contribution is 6.30. The zero-order valence-electron chi connectivity index (χ0n) is 12.9. The first-order valence-corrected chi connectivity index (χ1v) is 7.91. The summed E-state index contributed by atoms with van der Waals surface area (Å²) in [4.78, 5) is 30.2. The van der Waals surface area contributed by atoms with Crippen molar-refractivity contribution in [1.29, 1.82) is 0 Å². The molecule has 3 aromatic rings. The number of benzene rings is 2. The van der Waals surface area contributed by atoms with Crippen LogP contribution in [-0.4, -0.2) is 20.4 Å². The first-order chi connectivity index (χ1) is 12.0. The van der Waals surface area contributed by atoms with Gasteiger partial charge < -0.3 is 0 Å². The topological polar surface area (TPSA) is 60.1 Å². The van der Waals surface area contributed by atoms with Crippen LogP contribution in [0.1, 0.15) is 11.4 Å². The van der Waals surface area contributed by atoms with Crippen LogP contribution in [0.5, 0.6) is 0 Å². The van der Waals surface area contributed by atoms with Gasteiger partial charge in [0.15, 0.2) is 5.82 Å². The molecule has 0 N–H and O–H groups in total. The third kappa shape index (κ3) is 2.72. The molecule has 0 atom stereocenters. The average molecular weight is 359 g/mol. The van der Waals surface area contributed by atoms with E-state index in [1.54, 1.807) is 24.3 Å². The minimum atomic E-state index is -0.512. The molecule has 1 aliphatic rings. The van der Waals surface area contributed by atoms with E-state index in [0.29, 0.717) is 16.5 Å². The fraction of sp³-hybridized carbons (Fsp3) is 0.118. The molecule has 25 heavy (non-hydrogen) atoms. The summed E-state index contributed by atoms with van der Waals surface area (Å²) >= 11 is 5.97. The van der Waals surface area contributed by atoms with E-state index in [9.17, 15) is 14.0 Å². The number of fused-ring (bicyclic) bond motifs is 1. The van der Waals surface area contributed by atoms with Crippen molar-refractivity contribution in [2.24, 2.45) is 0 Å². The molecule has 0 fully saturated rings. The number of anilines is 1. The van der Waals surface area contributed by atoms with Gasteiger partial charge >= 0.3 is 11.7 Å². The number of rotatable bonds is 3. The quantitative estimate of drug-likeness (QED) is 0.723. The molecular formula is C17H12ClFN4O2. The number of hydrogen-bond donors (Lipinski definition) is 0. The van der Waals surface area contributed by atoms with Gasteiger partial charge in [-0.2, -0.15) is 9.67 Å². The minimum absolute atomic E-state index is 0.111. The Morgan fingerprint density at radius 3 is 2.68 bits per heavy atom. The van der Waals surface area contributed by atoms with E-state index >= 15 is 0 Å². The molecule has 0 saturated heterocycles. The number of amides is 1. The second-order valence-corrected chi connectivity index (χ2v) is 6.10. The summed E-state index contributed by atoms with van der Waals surface area (Å²) in [5, 5.41) is 0.541. The van der Waals surface area contributed by atoms with Crippen molar-refractivity contribution in [3.8, 4) is 0 Å². The number of carbonyl (C=O) groups excluding carboxylic acids is 1. The summed E-state index contributed by atoms with van der Waals surface area (Å²) in [6.07, 6.45) is 0. The molecular weight excluding hydrogens is 347 g/mol. The second kappa shape index (κ2) is 5.86. The molecule has 1 aromatic heterocycles. The third-order valence-corrected chi connectivity index (χ3v) is 4.22. The Balaban J connectivity index is 1.71. The lowest BCUT2D eigenvalue weighted by Gasteiger charge is -2.15. The highest BCUT2D eigenvalue weighted by Gasteiger charge is 2.33. The molecule has 0 radical (unpaired) electrons. The van der Waals surface area contributed by atoms with Gasteiger partial charge in [-0.1, -0.05) is 29.8 Å². The summed E-state index contributed by atoms with van der Waals surface area (Å²) in [5.74, 6) is -0.118. The molecule has 0 aliphatic carbocycles. The molecule has 4 rings (SSSR count). The first kappa shape index (κ1) is 15.6. The van der Waals surface area contributed by atoms with Gasteiger partial charge in [-0.15, -0.1) is 0 Å². The Kier molecular flexibility index (Phi) is 3.65. The van der Waals surface area contributed by atoms with Crippen LogP contribution in [0.15, 0.2) is 53.3 Å². The summed E-state index contributed by atoms with van der Waals surface area (Å²) in [5.41, 5.74) is 0.675. The predicted octanol–water partition coefficient (Wildman–Crippen LogP) is 2.87. The van der Waals surface area contributed by atoms with Gasteiger partial charge in [0.25, 0.3) is 0 Å². The SMILES string of the molecule is O=C1N(c2cccc(F)c2)Cc2nc(=O)n(Cc3cccc(Cl)c3)n21. The molecule has 8 heteroatoms. The van der Waals surface area contributed by atoms with E-state index in [0.717, 1.165) is 5.56 Å². The molecule has 0 unspecified atom stereocenters. The highest BCUT2D eigenvalue weighted by atomic mass is 35.5. The van der Waals surface area contributed by atoms with Crippen LogP contribution in [0.4, 0.5) is 14.9 Å². The van der Waals surface area contributed by atoms with Crippen molar-refractivity contribution in [3.05, 3.63) is 81.2 Å². The van der Waals surface area contributed by atoms with Crippen LogP contribution in [0.3, 0.4) is 0 Å². The van der Waals surface area contributed by atoms with Crippen molar-refractivity contribution in [2.45, 2.75) is 13.1 Å². The second-order valence-electron chi connectivity index (χ2n) is 5.66. The smallest absolute Gasteiger partial charge is 0.285 e. The van der Waals surface area contributed by atoms with E-state index in [4.69, 9.17) is 11.6 Å². The van der Waals surface area contributed by atoms with Gasteiger partial charge in [-0.05, 0) is 35.9 Å². The third-order valence-electron chi connectivity index (χ3n) is 3.98. The van der Waals surface area contributed by atoms with Crippen LogP contribution in [0.25, 0.3) is 0 Å². The number of aromatic nitrogens is 3. The summed E-state index contributed by atoms with van der Waals surface area (Å²) in [7, 11) is 0. The standard InChI is InChI=1S/C17H12ClFN4O2/c18-12-4-1-3-11(7-12)9-22-16(24)20-15-10-21(17(25)23(15)22)14-6-2-5-13(19)8-14/h1-8H,9-10H2. The Bertz CT molecular complexity index is 1040. The van der Waals surface area contributed by atoms with Gasteiger partial charge in [0.05, 0.1) is 13.1 Å². The number of carbonyl (C=O) groups is 1. The van der Waals surface area contributed by atoms with E-state index in [1.165, 1.54) is 32.5 Å². The van der Waals surface area contributed by atoms with Gasteiger partial charge in [0.2, 0.25) is 0 Å². The number of hydrogen-bond acceptors (Lipinski definition) is 3. The molecule has 2 aromatic carbocycles. The summed E-state index contributed by atoms with van der Waals surface area (Å²) < 4.78 is 15.9. The van der Waals surface area contributed by atoms with E-state index in [2.05, 4.69) is 4.98 Å². The van der Waals surface area contributed by atoms with Crippen molar-refractivity contribution in [2.75, 3.05) is 4.90 Å².